The van der Waals surface area contributed by atoms with Crippen LogP contribution >= 0.6 is 0 Å². The molecule has 0 saturated carbocycles. The minimum atomic E-state index is -2.78. The zero-order valence-corrected chi connectivity index (χ0v) is 11.2. The molecule has 10 nitrogen and oxygen atoms in total. The van der Waals surface area contributed by atoms with Gasteiger partial charge in [0.1, 0.15) is 18.3 Å². The van der Waals surface area contributed by atoms with E-state index in [9.17, 15) is 30.0 Å². The van der Waals surface area contributed by atoms with Gasteiger partial charge in [-0.3, -0.25) is 4.79 Å². The zero-order valence-electron chi connectivity index (χ0n) is 11.2. The molecular formula is C11H19NO9. The number of aliphatic hydroxyl groups is 5. The Hall–Kier alpha value is -1.30. The van der Waals surface area contributed by atoms with E-state index in [2.05, 4.69) is 5.32 Å². The standard InChI is InChI=1S/C11H19NO9/c1-4(14)12-7-5(15)2-11(20,10(18)19)21-9(7)8(17)6(16)3-13/h5-9,13,15-17,20H,2-3H2,1H3,(H,12,14)(H,18,19)/t5-,6-,7-,8+,9-,11+/m1/s1. The third-order valence-electron chi connectivity index (χ3n) is 3.21. The van der Waals surface area contributed by atoms with Gasteiger partial charge in [0.05, 0.1) is 18.8 Å². The highest BCUT2D eigenvalue weighted by Gasteiger charge is 2.53. The highest BCUT2D eigenvalue weighted by molar-refractivity contribution is 5.76. The highest BCUT2D eigenvalue weighted by Crippen LogP contribution is 2.30. The van der Waals surface area contributed by atoms with Gasteiger partial charge in [-0.05, 0) is 0 Å². The Kier molecular flexibility index (Phi) is 5.61. The Morgan fingerprint density at radius 2 is 2.00 bits per heavy atom. The number of carbonyl (C=O) groups is 2. The Labute approximate surface area is 119 Å². The van der Waals surface area contributed by atoms with Gasteiger partial charge in [-0.1, -0.05) is 0 Å². The first-order chi connectivity index (χ1) is 9.62. The summed E-state index contributed by atoms with van der Waals surface area (Å²) in [7, 11) is 0. The van der Waals surface area contributed by atoms with E-state index < -0.39 is 61.1 Å². The molecule has 21 heavy (non-hydrogen) atoms. The average Bonchev–Trinajstić information content (AvgIpc) is 2.39. The van der Waals surface area contributed by atoms with Crippen molar-refractivity contribution in [2.24, 2.45) is 0 Å². The molecule has 6 atom stereocenters. The monoisotopic (exact) mass is 309 g/mol. The predicted molar refractivity (Wildman–Crippen MR) is 64.8 cm³/mol. The zero-order chi connectivity index (χ0) is 16.4. The van der Waals surface area contributed by atoms with Crippen LogP contribution in [0.25, 0.3) is 0 Å². The van der Waals surface area contributed by atoms with Crippen molar-refractivity contribution in [1.82, 2.24) is 5.32 Å². The van der Waals surface area contributed by atoms with Gasteiger partial charge in [-0.25, -0.2) is 4.79 Å². The summed E-state index contributed by atoms with van der Waals surface area (Å²) in [6.45, 7) is 0.256. The number of aliphatic hydroxyl groups excluding tert-OH is 4. The number of rotatable bonds is 5. The van der Waals surface area contributed by atoms with Crippen LogP contribution < -0.4 is 5.32 Å². The van der Waals surface area contributed by atoms with Crippen molar-refractivity contribution in [3.63, 3.8) is 0 Å². The van der Waals surface area contributed by atoms with E-state index in [1.165, 1.54) is 0 Å². The molecular weight excluding hydrogens is 290 g/mol. The first-order valence-electron chi connectivity index (χ1n) is 6.18. The van der Waals surface area contributed by atoms with Crippen LogP contribution in [0.1, 0.15) is 13.3 Å². The van der Waals surface area contributed by atoms with Crippen molar-refractivity contribution in [3.8, 4) is 0 Å². The number of nitrogens with one attached hydrogen (secondary N) is 1. The topological polar surface area (TPSA) is 177 Å². The molecule has 0 bridgehead atoms. The lowest BCUT2D eigenvalue weighted by molar-refractivity contribution is -0.295. The molecule has 0 aromatic rings. The van der Waals surface area contributed by atoms with Crippen molar-refractivity contribution in [2.75, 3.05) is 6.61 Å². The molecule has 0 radical (unpaired) electrons. The van der Waals surface area contributed by atoms with Crippen LogP contribution in [-0.4, -0.2) is 85.4 Å². The van der Waals surface area contributed by atoms with Gasteiger partial charge < -0.3 is 40.7 Å². The summed E-state index contributed by atoms with van der Waals surface area (Å²) in [6, 6.07) is -1.27. The third kappa shape index (κ3) is 3.87. The summed E-state index contributed by atoms with van der Waals surface area (Å²) < 4.78 is 4.86. The van der Waals surface area contributed by atoms with E-state index in [0.717, 1.165) is 6.92 Å². The molecule has 1 fully saturated rings. The Morgan fingerprint density at radius 1 is 1.43 bits per heavy atom. The fourth-order valence-corrected chi connectivity index (χ4v) is 2.14. The number of aliphatic carboxylic acids is 1. The summed E-state index contributed by atoms with van der Waals surface area (Å²) in [6.07, 6.45) is -7.48. The number of hydrogen-bond donors (Lipinski definition) is 7. The maximum atomic E-state index is 11.1. The maximum Gasteiger partial charge on any atom is 0.364 e. The van der Waals surface area contributed by atoms with Gasteiger partial charge in [-0.15, -0.1) is 0 Å². The molecule has 1 heterocycles. The molecule has 0 unspecified atom stereocenters. The number of carbonyl (C=O) groups excluding carboxylic acids is 1. The molecule has 1 amide bonds. The molecule has 1 aliphatic rings. The van der Waals surface area contributed by atoms with Crippen molar-refractivity contribution in [2.45, 2.75) is 49.6 Å². The van der Waals surface area contributed by atoms with Crippen molar-refractivity contribution < 1.29 is 45.0 Å². The summed E-state index contributed by atoms with van der Waals surface area (Å²) in [4.78, 5) is 22.1. The lowest BCUT2D eigenvalue weighted by atomic mass is 9.88. The molecule has 1 rings (SSSR count). The fraction of sp³-hybridized carbons (Fsp3) is 0.818. The van der Waals surface area contributed by atoms with E-state index in [-0.39, 0.29) is 0 Å². The first kappa shape index (κ1) is 17.8. The third-order valence-corrected chi connectivity index (χ3v) is 3.21. The quantitative estimate of drug-likeness (QED) is 0.268. The van der Waals surface area contributed by atoms with E-state index >= 15 is 0 Å². The molecule has 10 heteroatoms. The Morgan fingerprint density at radius 3 is 2.43 bits per heavy atom. The molecule has 1 saturated heterocycles. The van der Waals surface area contributed by atoms with Crippen molar-refractivity contribution in [3.05, 3.63) is 0 Å². The Balaban J connectivity index is 3.07. The van der Waals surface area contributed by atoms with Crippen LogP contribution in [0.2, 0.25) is 0 Å². The number of carboxylic acids is 1. The summed E-state index contributed by atoms with van der Waals surface area (Å²) in [5.41, 5.74) is 0. The van der Waals surface area contributed by atoms with Gasteiger partial charge >= 0.3 is 5.97 Å². The van der Waals surface area contributed by atoms with Crippen LogP contribution in [0, 0.1) is 0 Å². The second kappa shape index (κ2) is 6.64. The van der Waals surface area contributed by atoms with Crippen LogP contribution in [0.5, 0.6) is 0 Å². The predicted octanol–water partition coefficient (Wildman–Crippen LogP) is -3.87. The van der Waals surface area contributed by atoms with Gasteiger partial charge in [0.15, 0.2) is 0 Å². The molecule has 122 valence electrons. The van der Waals surface area contributed by atoms with Crippen LogP contribution in [-0.2, 0) is 14.3 Å². The van der Waals surface area contributed by atoms with Crippen molar-refractivity contribution >= 4 is 11.9 Å². The van der Waals surface area contributed by atoms with Crippen LogP contribution in [0.4, 0.5) is 0 Å². The molecule has 1 aliphatic heterocycles. The minimum absolute atomic E-state index is 0.598. The van der Waals surface area contributed by atoms with E-state index in [1.54, 1.807) is 0 Å². The molecule has 0 aliphatic carbocycles. The normalized spacial score (nSPS) is 35.8. The molecule has 0 aromatic carbocycles. The molecule has 7 N–H and O–H groups in total. The van der Waals surface area contributed by atoms with E-state index in [1.807, 2.05) is 0 Å². The molecule has 0 spiro atoms. The highest BCUT2D eigenvalue weighted by atomic mass is 16.7. The number of hydrogen-bond acceptors (Lipinski definition) is 8. The Bertz CT molecular complexity index is 403. The van der Waals surface area contributed by atoms with E-state index in [0.29, 0.717) is 0 Å². The van der Waals surface area contributed by atoms with Crippen molar-refractivity contribution in [1.29, 1.82) is 0 Å². The first-order valence-corrected chi connectivity index (χ1v) is 6.18. The van der Waals surface area contributed by atoms with Gasteiger partial charge in [0, 0.05) is 13.3 Å². The second-order valence-corrected chi connectivity index (χ2v) is 4.91. The lowest BCUT2D eigenvalue weighted by Crippen LogP contribution is -2.67. The second-order valence-electron chi connectivity index (χ2n) is 4.91. The van der Waals surface area contributed by atoms with Crippen LogP contribution in [0.3, 0.4) is 0 Å². The fourth-order valence-electron chi connectivity index (χ4n) is 2.14. The summed E-state index contributed by atoms with van der Waals surface area (Å²) >= 11 is 0. The average molecular weight is 309 g/mol. The largest absolute Gasteiger partial charge is 0.477 e. The number of carboxylic acid groups (broad SMARTS) is 1. The minimum Gasteiger partial charge on any atom is -0.477 e. The van der Waals surface area contributed by atoms with Gasteiger partial charge in [-0.2, -0.15) is 0 Å². The number of ether oxygens (including phenoxy) is 1. The van der Waals surface area contributed by atoms with Crippen LogP contribution in [0.15, 0.2) is 0 Å². The number of amides is 1. The van der Waals surface area contributed by atoms with Gasteiger partial charge in [0.25, 0.3) is 5.79 Å². The molecule has 0 aromatic heterocycles. The van der Waals surface area contributed by atoms with Gasteiger partial charge in [0.2, 0.25) is 5.91 Å². The SMILES string of the molecule is CC(=O)N[C@H]1[C@H]([C@@H](O)[C@H](O)CO)O[C@](O)(C(=O)O)C[C@H]1O. The van der Waals surface area contributed by atoms with E-state index in [4.69, 9.17) is 14.9 Å². The summed E-state index contributed by atoms with van der Waals surface area (Å²) in [5.74, 6) is -5.17. The smallest absolute Gasteiger partial charge is 0.364 e. The summed E-state index contributed by atoms with van der Waals surface area (Å²) in [5, 5.41) is 59.0. The maximum absolute atomic E-state index is 11.1. The lowest BCUT2D eigenvalue weighted by Gasteiger charge is -2.44.